The average Bonchev–Trinajstić information content (AvgIpc) is 3.20. The molecule has 1 fully saturated rings. The van der Waals surface area contributed by atoms with Crippen LogP contribution in [0.3, 0.4) is 0 Å². The Balaban J connectivity index is 1.47. The molecule has 1 saturated heterocycles. The van der Waals surface area contributed by atoms with E-state index in [0.29, 0.717) is 6.10 Å². The Morgan fingerprint density at radius 1 is 1.08 bits per heavy atom. The highest BCUT2D eigenvalue weighted by atomic mass is 32.2. The molecule has 1 aliphatic carbocycles. The number of amides is 1. The number of fused-ring (bicyclic) bond motifs is 1. The average molecular weight is 368 g/mol. The van der Waals surface area contributed by atoms with E-state index in [1.54, 1.807) is 11.8 Å². The second-order valence-electron chi connectivity index (χ2n) is 7.06. The first-order valence-electron chi connectivity index (χ1n) is 9.53. The first-order valence-corrected chi connectivity index (χ1v) is 10.5. The predicted octanol–water partition coefficient (Wildman–Crippen LogP) is 4.77. The van der Waals surface area contributed by atoms with E-state index >= 15 is 0 Å². The van der Waals surface area contributed by atoms with E-state index in [2.05, 4.69) is 29.6 Å². The molecule has 3 nitrogen and oxygen atoms in total. The largest absolute Gasteiger partial charge is 0.377 e. The molecule has 0 spiro atoms. The number of benzene rings is 2. The third kappa shape index (κ3) is 3.97. The minimum Gasteiger partial charge on any atom is -0.377 e. The minimum absolute atomic E-state index is 0.0298. The summed E-state index contributed by atoms with van der Waals surface area (Å²) in [4.78, 5) is 14.0. The Labute approximate surface area is 159 Å². The second kappa shape index (κ2) is 8.28. The molecular formula is C22H25NO2S. The van der Waals surface area contributed by atoms with Gasteiger partial charge in [-0.3, -0.25) is 4.79 Å². The number of ether oxygens (including phenoxy) is 1. The highest BCUT2D eigenvalue weighted by Gasteiger charge is 2.23. The van der Waals surface area contributed by atoms with Crippen molar-refractivity contribution in [3.63, 3.8) is 0 Å². The summed E-state index contributed by atoms with van der Waals surface area (Å²) < 4.78 is 5.71. The van der Waals surface area contributed by atoms with Crippen molar-refractivity contribution in [2.24, 2.45) is 0 Å². The summed E-state index contributed by atoms with van der Waals surface area (Å²) in [7, 11) is 0. The van der Waals surface area contributed by atoms with Crippen LogP contribution in [0.15, 0.2) is 53.4 Å². The van der Waals surface area contributed by atoms with E-state index in [1.165, 1.54) is 11.1 Å². The Morgan fingerprint density at radius 2 is 1.92 bits per heavy atom. The fraction of sp³-hybridized carbons (Fsp3) is 0.409. The topological polar surface area (TPSA) is 38.3 Å². The first-order chi connectivity index (χ1) is 12.8. The zero-order chi connectivity index (χ0) is 17.8. The number of thioether (sulfide) groups is 1. The number of carbonyl (C=O) groups excluding carboxylic acids is 1. The Kier molecular flexibility index (Phi) is 5.61. The molecule has 2 atom stereocenters. The first kappa shape index (κ1) is 17.6. The molecule has 0 saturated carbocycles. The van der Waals surface area contributed by atoms with E-state index in [9.17, 15) is 4.79 Å². The minimum atomic E-state index is 0.0298. The van der Waals surface area contributed by atoms with E-state index < -0.39 is 0 Å². The van der Waals surface area contributed by atoms with Crippen molar-refractivity contribution in [1.82, 2.24) is 5.32 Å². The van der Waals surface area contributed by atoms with Crippen molar-refractivity contribution in [2.75, 3.05) is 12.4 Å². The summed E-state index contributed by atoms with van der Waals surface area (Å²) in [6, 6.07) is 16.5. The number of hydrogen-bond donors (Lipinski definition) is 1. The molecule has 0 aromatic heterocycles. The van der Waals surface area contributed by atoms with Gasteiger partial charge in [-0.2, -0.15) is 0 Å². The number of hydrogen-bond acceptors (Lipinski definition) is 3. The van der Waals surface area contributed by atoms with Gasteiger partial charge in [0.1, 0.15) is 0 Å². The van der Waals surface area contributed by atoms with Crippen LogP contribution in [0.2, 0.25) is 0 Å². The van der Waals surface area contributed by atoms with Crippen molar-refractivity contribution in [2.45, 2.75) is 49.1 Å². The van der Waals surface area contributed by atoms with E-state index in [-0.39, 0.29) is 11.9 Å². The molecule has 2 aromatic rings. The van der Waals surface area contributed by atoms with Crippen LogP contribution >= 0.6 is 11.8 Å². The van der Waals surface area contributed by atoms with Crippen molar-refractivity contribution in [3.05, 3.63) is 65.2 Å². The van der Waals surface area contributed by atoms with Gasteiger partial charge in [0, 0.05) is 17.3 Å². The fourth-order valence-corrected chi connectivity index (χ4v) is 5.00. The van der Waals surface area contributed by atoms with Crippen molar-refractivity contribution < 1.29 is 9.53 Å². The number of aryl methyl sites for hydroxylation is 1. The van der Waals surface area contributed by atoms with Crippen LogP contribution in [0.4, 0.5) is 0 Å². The van der Waals surface area contributed by atoms with Crippen molar-refractivity contribution >= 4 is 17.7 Å². The SMILES string of the molecule is O=C(N[C@H]1CCCc2ccccc21)c1ccccc1SC[C@@H]1CCCO1. The van der Waals surface area contributed by atoms with E-state index in [4.69, 9.17) is 4.74 Å². The van der Waals surface area contributed by atoms with Gasteiger partial charge in [-0.25, -0.2) is 0 Å². The zero-order valence-electron chi connectivity index (χ0n) is 14.9. The van der Waals surface area contributed by atoms with Crippen LogP contribution in [-0.2, 0) is 11.2 Å². The highest BCUT2D eigenvalue weighted by Crippen LogP contribution is 2.31. The molecule has 0 bridgehead atoms. The van der Waals surface area contributed by atoms with Gasteiger partial charge in [-0.05, 0) is 55.4 Å². The normalized spacial score (nSPS) is 22.0. The molecule has 2 aromatic carbocycles. The maximum atomic E-state index is 13.0. The van der Waals surface area contributed by atoms with Gasteiger partial charge in [-0.1, -0.05) is 36.4 Å². The van der Waals surface area contributed by atoms with Gasteiger partial charge in [-0.15, -0.1) is 11.8 Å². The second-order valence-corrected chi connectivity index (χ2v) is 8.12. The van der Waals surface area contributed by atoms with Gasteiger partial charge in [0.2, 0.25) is 0 Å². The van der Waals surface area contributed by atoms with Gasteiger partial charge >= 0.3 is 0 Å². The fourth-order valence-electron chi connectivity index (χ4n) is 3.88. The van der Waals surface area contributed by atoms with E-state index in [0.717, 1.165) is 54.9 Å². The van der Waals surface area contributed by atoms with E-state index in [1.807, 2.05) is 24.3 Å². The summed E-state index contributed by atoms with van der Waals surface area (Å²) in [6.07, 6.45) is 5.83. The number of rotatable bonds is 5. The maximum Gasteiger partial charge on any atom is 0.252 e. The summed E-state index contributed by atoms with van der Waals surface area (Å²) >= 11 is 1.73. The van der Waals surface area contributed by atoms with Crippen LogP contribution in [0.25, 0.3) is 0 Å². The van der Waals surface area contributed by atoms with Crippen LogP contribution in [0.1, 0.15) is 53.2 Å². The Hall–Kier alpha value is -1.78. The lowest BCUT2D eigenvalue weighted by Gasteiger charge is -2.26. The molecule has 1 N–H and O–H groups in total. The Morgan fingerprint density at radius 3 is 2.81 bits per heavy atom. The highest BCUT2D eigenvalue weighted by molar-refractivity contribution is 7.99. The summed E-state index contributed by atoms with van der Waals surface area (Å²) in [6.45, 7) is 0.869. The molecule has 1 amide bonds. The quantitative estimate of drug-likeness (QED) is 0.774. The van der Waals surface area contributed by atoms with Gasteiger partial charge < -0.3 is 10.1 Å². The smallest absolute Gasteiger partial charge is 0.252 e. The Bertz CT molecular complexity index is 770. The molecule has 136 valence electrons. The lowest BCUT2D eigenvalue weighted by atomic mass is 9.87. The third-order valence-corrected chi connectivity index (χ3v) is 6.46. The molecule has 4 rings (SSSR count). The third-order valence-electron chi connectivity index (χ3n) is 5.26. The van der Waals surface area contributed by atoms with Gasteiger partial charge in [0.15, 0.2) is 0 Å². The molecule has 1 heterocycles. The molecule has 0 unspecified atom stereocenters. The van der Waals surface area contributed by atoms with Crippen molar-refractivity contribution in [3.8, 4) is 0 Å². The number of nitrogens with one attached hydrogen (secondary N) is 1. The van der Waals surface area contributed by atoms with Crippen LogP contribution in [-0.4, -0.2) is 24.4 Å². The summed E-state index contributed by atoms with van der Waals surface area (Å²) in [5.74, 6) is 0.943. The zero-order valence-corrected chi connectivity index (χ0v) is 15.8. The standard InChI is InChI=1S/C22H25NO2S/c24-22(23-20-12-5-8-16-7-1-2-10-18(16)20)19-11-3-4-13-21(19)26-15-17-9-6-14-25-17/h1-4,7,10-11,13,17,20H,5-6,8-9,12,14-15H2,(H,23,24)/t17-,20-/m0/s1. The van der Waals surface area contributed by atoms with Crippen LogP contribution < -0.4 is 5.32 Å². The van der Waals surface area contributed by atoms with Crippen LogP contribution in [0, 0.1) is 0 Å². The number of carbonyl (C=O) groups is 1. The summed E-state index contributed by atoms with van der Waals surface area (Å²) in [5.41, 5.74) is 3.42. The van der Waals surface area contributed by atoms with Crippen molar-refractivity contribution in [1.29, 1.82) is 0 Å². The monoisotopic (exact) mass is 367 g/mol. The molecule has 4 heteroatoms. The molecule has 26 heavy (non-hydrogen) atoms. The maximum absolute atomic E-state index is 13.0. The molecule has 0 radical (unpaired) electrons. The predicted molar refractivity (Wildman–Crippen MR) is 106 cm³/mol. The molecular weight excluding hydrogens is 342 g/mol. The lowest BCUT2D eigenvalue weighted by Crippen LogP contribution is -2.31. The summed E-state index contributed by atoms with van der Waals surface area (Å²) in [5, 5.41) is 3.28. The van der Waals surface area contributed by atoms with Gasteiger partial charge in [0.05, 0.1) is 17.7 Å². The molecule has 1 aliphatic heterocycles. The molecule has 2 aliphatic rings. The van der Waals surface area contributed by atoms with Gasteiger partial charge in [0.25, 0.3) is 5.91 Å². The lowest BCUT2D eigenvalue weighted by molar-refractivity contribution is 0.0929. The van der Waals surface area contributed by atoms with Crippen LogP contribution in [0.5, 0.6) is 0 Å².